The molecule has 0 aliphatic heterocycles. The molecule has 2 heterocycles. The Labute approximate surface area is 132 Å². The molecule has 3 aromatic rings. The molecule has 0 saturated carbocycles. The highest BCUT2D eigenvalue weighted by Crippen LogP contribution is 2.14. The van der Waals surface area contributed by atoms with Crippen LogP contribution in [0.1, 0.15) is 11.1 Å². The molecule has 0 aliphatic rings. The second-order valence-corrected chi connectivity index (χ2v) is 4.70. The minimum absolute atomic E-state index is 0.0527. The smallest absolute Gasteiger partial charge is 0.258 e. The molecule has 3 rings (SSSR count). The van der Waals surface area contributed by atoms with E-state index in [1.807, 2.05) is 30.3 Å². The molecule has 0 unspecified atom stereocenters. The molecule has 2 aromatic heterocycles. The molecular formula is C18H11N3O2. The fourth-order valence-electron chi connectivity index (χ4n) is 1.97. The quantitative estimate of drug-likeness (QED) is 0.413. The normalized spacial score (nSPS) is 9.74. The van der Waals surface area contributed by atoms with Gasteiger partial charge in [0.15, 0.2) is 0 Å². The van der Waals surface area contributed by atoms with Crippen molar-refractivity contribution in [1.82, 2.24) is 9.97 Å². The van der Waals surface area contributed by atoms with E-state index in [9.17, 15) is 10.1 Å². The summed E-state index contributed by atoms with van der Waals surface area (Å²) in [6.07, 6.45) is 3.40. The Bertz CT molecular complexity index is 895. The molecule has 5 nitrogen and oxygen atoms in total. The van der Waals surface area contributed by atoms with Crippen LogP contribution in [0.2, 0.25) is 0 Å². The molecule has 0 saturated heterocycles. The van der Waals surface area contributed by atoms with Gasteiger partial charge >= 0.3 is 0 Å². The average molecular weight is 301 g/mol. The summed E-state index contributed by atoms with van der Waals surface area (Å²) in [5.74, 6) is 6.02. The van der Waals surface area contributed by atoms with Crippen LogP contribution in [0.5, 0.6) is 0 Å². The van der Waals surface area contributed by atoms with Crippen molar-refractivity contribution in [3.8, 4) is 23.2 Å². The van der Waals surface area contributed by atoms with Gasteiger partial charge in [-0.05, 0) is 36.4 Å². The highest BCUT2D eigenvalue weighted by atomic mass is 16.6. The zero-order chi connectivity index (χ0) is 16.1. The van der Waals surface area contributed by atoms with Gasteiger partial charge in [-0.15, -0.1) is 0 Å². The van der Waals surface area contributed by atoms with Crippen molar-refractivity contribution in [2.75, 3.05) is 0 Å². The number of non-ortho nitro benzene ring substituents is 1. The van der Waals surface area contributed by atoms with Crippen molar-refractivity contribution in [2.45, 2.75) is 0 Å². The van der Waals surface area contributed by atoms with Crippen molar-refractivity contribution < 1.29 is 4.92 Å². The average Bonchev–Trinajstić information content (AvgIpc) is 2.61. The number of aromatic nitrogens is 2. The summed E-state index contributed by atoms with van der Waals surface area (Å²) in [7, 11) is 0. The van der Waals surface area contributed by atoms with Crippen molar-refractivity contribution in [2.24, 2.45) is 0 Å². The predicted molar refractivity (Wildman–Crippen MR) is 86.5 cm³/mol. The summed E-state index contributed by atoms with van der Waals surface area (Å²) in [6.45, 7) is 0. The number of nitrogens with zero attached hydrogens (tertiary/aromatic N) is 3. The SMILES string of the molecule is O=[N+]([O-])c1ccc(C#Cc2ccnc(-c3ccccn3)c2)cc1. The van der Waals surface area contributed by atoms with Gasteiger partial charge in [-0.25, -0.2) is 0 Å². The molecule has 0 N–H and O–H groups in total. The maximum atomic E-state index is 10.6. The molecular weight excluding hydrogens is 290 g/mol. The van der Waals surface area contributed by atoms with Gasteiger partial charge in [-0.2, -0.15) is 0 Å². The zero-order valence-corrected chi connectivity index (χ0v) is 12.0. The lowest BCUT2D eigenvalue weighted by Gasteiger charge is -1.99. The fourth-order valence-corrected chi connectivity index (χ4v) is 1.97. The van der Waals surface area contributed by atoms with Crippen LogP contribution in [0.15, 0.2) is 67.0 Å². The molecule has 0 spiro atoms. The number of hydrogen-bond acceptors (Lipinski definition) is 4. The van der Waals surface area contributed by atoms with Gasteiger partial charge in [0.05, 0.1) is 16.3 Å². The second kappa shape index (κ2) is 6.50. The molecule has 23 heavy (non-hydrogen) atoms. The monoisotopic (exact) mass is 301 g/mol. The Balaban J connectivity index is 1.85. The number of benzene rings is 1. The summed E-state index contributed by atoms with van der Waals surface area (Å²) < 4.78 is 0. The van der Waals surface area contributed by atoms with Gasteiger partial charge in [0.25, 0.3) is 5.69 Å². The standard InChI is InChI=1S/C18H11N3O2/c22-21(23)16-8-6-14(7-9-16)4-5-15-10-12-20-18(13-15)17-3-1-2-11-19-17/h1-3,6-13H. The number of nitro groups is 1. The lowest BCUT2D eigenvalue weighted by molar-refractivity contribution is -0.384. The predicted octanol–water partition coefficient (Wildman–Crippen LogP) is 3.45. The Hall–Kier alpha value is -3.52. The second-order valence-electron chi connectivity index (χ2n) is 4.70. The summed E-state index contributed by atoms with van der Waals surface area (Å²) >= 11 is 0. The van der Waals surface area contributed by atoms with E-state index in [-0.39, 0.29) is 5.69 Å². The van der Waals surface area contributed by atoms with E-state index < -0.39 is 4.92 Å². The first-order chi connectivity index (χ1) is 11.2. The number of nitro benzene ring substituents is 1. The lowest BCUT2D eigenvalue weighted by atomic mass is 10.1. The van der Waals surface area contributed by atoms with Crippen molar-refractivity contribution in [3.05, 3.63) is 88.2 Å². The van der Waals surface area contributed by atoms with Crippen molar-refractivity contribution in [3.63, 3.8) is 0 Å². The third-order valence-electron chi connectivity index (χ3n) is 3.12. The van der Waals surface area contributed by atoms with E-state index in [1.165, 1.54) is 12.1 Å². The summed E-state index contributed by atoms with van der Waals surface area (Å²) in [5, 5.41) is 10.6. The Morgan fingerprint density at radius 2 is 1.57 bits per heavy atom. The third kappa shape index (κ3) is 3.57. The van der Waals surface area contributed by atoms with Gasteiger partial charge in [-0.1, -0.05) is 17.9 Å². The molecule has 0 radical (unpaired) electrons. The van der Waals surface area contributed by atoms with Gasteiger partial charge in [0, 0.05) is 35.7 Å². The van der Waals surface area contributed by atoms with Crippen LogP contribution in [-0.2, 0) is 0 Å². The fraction of sp³-hybridized carbons (Fsp3) is 0. The molecule has 0 aliphatic carbocycles. The molecule has 1 aromatic carbocycles. The van der Waals surface area contributed by atoms with Gasteiger partial charge < -0.3 is 0 Å². The minimum atomic E-state index is -0.431. The highest BCUT2D eigenvalue weighted by molar-refractivity contribution is 5.57. The molecule has 5 heteroatoms. The maximum Gasteiger partial charge on any atom is 0.269 e. The minimum Gasteiger partial charge on any atom is -0.258 e. The molecule has 0 fully saturated rings. The van der Waals surface area contributed by atoms with Crippen LogP contribution in [0.4, 0.5) is 5.69 Å². The first-order valence-corrected chi connectivity index (χ1v) is 6.86. The van der Waals surface area contributed by atoms with E-state index in [0.717, 1.165) is 17.0 Å². The number of hydrogen-bond donors (Lipinski definition) is 0. The largest absolute Gasteiger partial charge is 0.269 e. The van der Waals surface area contributed by atoms with E-state index in [0.29, 0.717) is 5.56 Å². The van der Waals surface area contributed by atoms with Crippen LogP contribution < -0.4 is 0 Å². The molecule has 0 atom stereocenters. The Kier molecular flexibility index (Phi) is 4.07. The van der Waals surface area contributed by atoms with E-state index in [4.69, 9.17) is 0 Å². The molecule has 110 valence electrons. The van der Waals surface area contributed by atoms with E-state index in [1.54, 1.807) is 24.5 Å². The van der Waals surface area contributed by atoms with Crippen LogP contribution in [0, 0.1) is 22.0 Å². The first kappa shape index (κ1) is 14.4. The topological polar surface area (TPSA) is 68.9 Å². The maximum absolute atomic E-state index is 10.6. The van der Waals surface area contributed by atoms with Gasteiger partial charge in [-0.3, -0.25) is 20.1 Å². The Morgan fingerprint density at radius 1 is 0.826 bits per heavy atom. The first-order valence-electron chi connectivity index (χ1n) is 6.86. The lowest BCUT2D eigenvalue weighted by Crippen LogP contribution is -1.88. The van der Waals surface area contributed by atoms with Crippen molar-refractivity contribution in [1.29, 1.82) is 0 Å². The van der Waals surface area contributed by atoms with Gasteiger partial charge in [0.1, 0.15) is 0 Å². The number of pyridine rings is 2. The zero-order valence-electron chi connectivity index (χ0n) is 12.0. The summed E-state index contributed by atoms with van der Waals surface area (Å²) in [4.78, 5) is 18.7. The van der Waals surface area contributed by atoms with Crippen LogP contribution in [0.3, 0.4) is 0 Å². The van der Waals surface area contributed by atoms with E-state index >= 15 is 0 Å². The molecule has 0 bridgehead atoms. The van der Waals surface area contributed by atoms with Gasteiger partial charge in [0.2, 0.25) is 0 Å². The number of rotatable bonds is 2. The summed E-state index contributed by atoms with van der Waals surface area (Å²) in [5.41, 5.74) is 3.11. The molecule has 0 amide bonds. The van der Waals surface area contributed by atoms with E-state index in [2.05, 4.69) is 21.8 Å². The van der Waals surface area contributed by atoms with Crippen LogP contribution in [0.25, 0.3) is 11.4 Å². The van der Waals surface area contributed by atoms with Crippen molar-refractivity contribution >= 4 is 5.69 Å². The highest BCUT2D eigenvalue weighted by Gasteiger charge is 2.02. The van der Waals surface area contributed by atoms with Crippen LogP contribution >= 0.6 is 0 Å². The Morgan fingerprint density at radius 3 is 2.26 bits per heavy atom. The van der Waals surface area contributed by atoms with Crippen LogP contribution in [-0.4, -0.2) is 14.9 Å². The third-order valence-corrected chi connectivity index (χ3v) is 3.12. The summed E-state index contributed by atoms with van der Waals surface area (Å²) in [6, 6.07) is 15.5.